The summed E-state index contributed by atoms with van der Waals surface area (Å²) in [4.78, 5) is 24.1. The molecule has 1 unspecified atom stereocenters. The molecule has 2 N–H and O–H groups in total. The van der Waals surface area contributed by atoms with E-state index in [9.17, 15) is 4.79 Å². The predicted molar refractivity (Wildman–Crippen MR) is 142 cm³/mol. The molecule has 35 heavy (non-hydrogen) atoms. The first-order valence-corrected chi connectivity index (χ1v) is 13.0. The molecule has 1 amide bonds. The molecule has 1 atom stereocenters. The SMILES string of the molecule is CCCC(=O)Nc1ccc(C2Cc3cnc(NCCCN4CCCC4)nc3-c3ccccc32)cc1. The van der Waals surface area contributed by atoms with E-state index in [2.05, 4.69) is 56.9 Å². The number of aromatic nitrogens is 2. The Morgan fingerprint density at radius 2 is 1.89 bits per heavy atom. The summed E-state index contributed by atoms with van der Waals surface area (Å²) in [5.74, 6) is 1.02. The Hall–Kier alpha value is -3.25. The van der Waals surface area contributed by atoms with Crippen LogP contribution >= 0.6 is 0 Å². The van der Waals surface area contributed by atoms with E-state index >= 15 is 0 Å². The first-order chi connectivity index (χ1) is 17.2. The molecule has 0 spiro atoms. The Bertz CT molecular complexity index is 1150. The van der Waals surface area contributed by atoms with Crippen molar-refractivity contribution in [3.63, 3.8) is 0 Å². The molecule has 0 bridgehead atoms. The van der Waals surface area contributed by atoms with Gasteiger partial charge in [0.2, 0.25) is 11.9 Å². The highest BCUT2D eigenvalue weighted by atomic mass is 16.1. The van der Waals surface area contributed by atoms with E-state index in [1.165, 1.54) is 48.2 Å². The number of carbonyl (C=O) groups is 1. The number of hydrogen-bond acceptors (Lipinski definition) is 5. The number of carbonyl (C=O) groups excluding carboxylic acids is 1. The van der Waals surface area contributed by atoms with Gasteiger partial charge in [-0.2, -0.15) is 0 Å². The van der Waals surface area contributed by atoms with Gasteiger partial charge in [0.25, 0.3) is 0 Å². The zero-order valence-electron chi connectivity index (χ0n) is 20.6. The molecule has 0 radical (unpaired) electrons. The van der Waals surface area contributed by atoms with Crippen molar-refractivity contribution >= 4 is 17.5 Å². The Kier molecular flexibility index (Phi) is 7.38. The molecule has 2 aromatic carbocycles. The number of anilines is 2. The lowest BCUT2D eigenvalue weighted by Crippen LogP contribution is -2.22. The fraction of sp³-hybridized carbons (Fsp3) is 0.414. The normalized spacial score (nSPS) is 17.0. The summed E-state index contributed by atoms with van der Waals surface area (Å²) in [6.07, 6.45) is 8.03. The molecule has 2 heterocycles. The summed E-state index contributed by atoms with van der Waals surface area (Å²) in [7, 11) is 0. The number of nitrogens with one attached hydrogen (secondary N) is 2. The van der Waals surface area contributed by atoms with E-state index in [1.54, 1.807) is 0 Å². The second-order valence-electron chi connectivity index (χ2n) is 9.66. The molecule has 2 aliphatic rings. The standard InChI is InChI=1S/C29H35N5O/c1-2-8-27(35)32-23-13-11-21(12-14-23)26-19-22-20-31-29(30-15-7-18-34-16-5-6-17-34)33-28(22)25-10-4-3-9-24(25)26/h3-4,9-14,20,26H,2,5-8,15-19H2,1H3,(H,32,35)(H,30,31,33). The number of benzene rings is 2. The number of amides is 1. The van der Waals surface area contributed by atoms with Crippen LogP contribution in [0.5, 0.6) is 0 Å². The van der Waals surface area contributed by atoms with Crippen LogP contribution in [0.3, 0.4) is 0 Å². The lowest BCUT2D eigenvalue weighted by Gasteiger charge is -2.27. The maximum Gasteiger partial charge on any atom is 0.224 e. The van der Waals surface area contributed by atoms with Gasteiger partial charge in [-0.15, -0.1) is 0 Å². The third-order valence-electron chi connectivity index (χ3n) is 7.09. The zero-order chi connectivity index (χ0) is 24.0. The lowest BCUT2D eigenvalue weighted by atomic mass is 9.78. The highest BCUT2D eigenvalue weighted by Crippen LogP contribution is 2.42. The highest BCUT2D eigenvalue weighted by Gasteiger charge is 2.27. The quantitative estimate of drug-likeness (QED) is 0.407. The van der Waals surface area contributed by atoms with E-state index in [4.69, 9.17) is 4.98 Å². The average molecular weight is 470 g/mol. The van der Waals surface area contributed by atoms with Gasteiger partial charge in [-0.25, -0.2) is 9.97 Å². The van der Waals surface area contributed by atoms with Gasteiger partial charge < -0.3 is 15.5 Å². The minimum absolute atomic E-state index is 0.0646. The van der Waals surface area contributed by atoms with Crippen molar-refractivity contribution in [2.24, 2.45) is 0 Å². The topological polar surface area (TPSA) is 70.2 Å². The number of nitrogens with zero attached hydrogens (tertiary/aromatic N) is 3. The Morgan fingerprint density at radius 1 is 1.09 bits per heavy atom. The summed E-state index contributed by atoms with van der Waals surface area (Å²) < 4.78 is 0. The van der Waals surface area contributed by atoms with Crippen molar-refractivity contribution < 1.29 is 4.79 Å². The summed E-state index contributed by atoms with van der Waals surface area (Å²) in [5, 5.41) is 6.42. The van der Waals surface area contributed by atoms with Crippen molar-refractivity contribution in [2.45, 2.75) is 51.4 Å². The Labute approximate surface area is 208 Å². The van der Waals surface area contributed by atoms with Gasteiger partial charge >= 0.3 is 0 Å². The molecule has 1 aliphatic heterocycles. The first kappa shape index (κ1) is 23.5. The van der Waals surface area contributed by atoms with Crippen molar-refractivity contribution in [3.8, 4) is 11.3 Å². The van der Waals surface area contributed by atoms with Crippen LogP contribution in [-0.2, 0) is 11.2 Å². The molecule has 1 saturated heterocycles. The third-order valence-corrected chi connectivity index (χ3v) is 7.09. The van der Waals surface area contributed by atoms with E-state index in [-0.39, 0.29) is 11.8 Å². The van der Waals surface area contributed by atoms with Gasteiger partial charge in [0.15, 0.2) is 0 Å². The van der Waals surface area contributed by atoms with Crippen LogP contribution in [0.1, 0.15) is 61.6 Å². The molecule has 1 aromatic heterocycles. The third kappa shape index (κ3) is 5.54. The van der Waals surface area contributed by atoms with Gasteiger partial charge in [-0.3, -0.25) is 4.79 Å². The molecular formula is C29H35N5O. The molecule has 0 saturated carbocycles. The van der Waals surface area contributed by atoms with Crippen LogP contribution in [0.2, 0.25) is 0 Å². The van der Waals surface area contributed by atoms with Crippen LogP contribution in [0.25, 0.3) is 11.3 Å². The zero-order valence-corrected chi connectivity index (χ0v) is 20.6. The second kappa shape index (κ2) is 11.0. The first-order valence-electron chi connectivity index (χ1n) is 13.0. The van der Waals surface area contributed by atoms with Crippen LogP contribution in [0.4, 0.5) is 11.6 Å². The van der Waals surface area contributed by atoms with Crippen LogP contribution in [0, 0.1) is 0 Å². The van der Waals surface area contributed by atoms with Gasteiger partial charge in [-0.1, -0.05) is 43.3 Å². The van der Waals surface area contributed by atoms with E-state index in [0.717, 1.165) is 43.7 Å². The van der Waals surface area contributed by atoms with E-state index in [0.29, 0.717) is 12.4 Å². The number of likely N-dealkylation sites (tertiary alicyclic amines) is 1. The van der Waals surface area contributed by atoms with Gasteiger partial charge in [-0.05, 0) is 80.6 Å². The molecule has 6 heteroatoms. The van der Waals surface area contributed by atoms with Crippen LogP contribution in [-0.4, -0.2) is 47.0 Å². The summed E-state index contributed by atoms with van der Waals surface area (Å²) in [6.45, 7) is 6.52. The van der Waals surface area contributed by atoms with Crippen molar-refractivity contribution in [1.82, 2.24) is 14.9 Å². The molecule has 3 aromatic rings. The molecule has 1 fully saturated rings. The summed E-state index contributed by atoms with van der Waals surface area (Å²) in [5.41, 5.74) is 6.78. The van der Waals surface area contributed by atoms with Crippen molar-refractivity contribution in [1.29, 1.82) is 0 Å². The maximum absolute atomic E-state index is 11.9. The Balaban J connectivity index is 1.30. The minimum Gasteiger partial charge on any atom is -0.354 e. The number of rotatable bonds is 9. The lowest BCUT2D eigenvalue weighted by molar-refractivity contribution is -0.116. The predicted octanol–water partition coefficient (Wildman–Crippen LogP) is 5.47. The minimum atomic E-state index is 0.0646. The fourth-order valence-corrected chi connectivity index (χ4v) is 5.28. The molecule has 6 nitrogen and oxygen atoms in total. The number of fused-ring (bicyclic) bond motifs is 3. The van der Waals surface area contributed by atoms with Gasteiger partial charge in [0.05, 0.1) is 5.69 Å². The van der Waals surface area contributed by atoms with Gasteiger partial charge in [0.1, 0.15) is 0 Å². The second-order valence-corrected chi connectivity index (χ2v) is 9.66. The molecule has 182 valence electrons. The fourth-order valence-electron chi connectivity index (χ4n) is 5.28. The average Bonchev–Trinajstić information content (AvgIpc) is 3.40. The summed E-state index contributed by atoms with van der Waals surface area (Å²) in [6, 6.07) is 16.8. The highest BCUT2D eigenvalue weighted by molar-refractivity contribution is 5.90. The number of hydrogen-bond donors (Lipinski definition) is 2. The van der Waals surface area contributed by atoms with Crippen molar-refractivity contribution in [3.05, 3.63) is 71.4 Å². The van der Waals surface area contributed by atoms with E-state index < -0.39 is 0 Å². The molecule has 1 aliphatic carbocycles. The summed E-state index contributed by atoms with van der Waals surface area (Å²) >= 11 is 0. The largest absolute Gasteiger partial charge is 0.354 e. The molecule has 5 rings (SSSR count). The smallest absolute Gasteiger partial charge is 0.224 e. The maximum atomic E-state index is 11.9. The van der Waals surface area contributed by atoms with Gasteiger partial charge in [0, 0.05) is 36.3 Å². The van der Waals surface area contributed by atoms with Crippen LogP contribution in [0.15, 0.2) is 54.7 Å². The molecular weight excluding hydrogens is 434 g/mol. The van der Waals surface area contributed by atoms with Crippen molar-refractivity contribution in [2.75, 3.05) is 36.8 Å². The Morgan fingerprint density at radius 3 is 2.69 bits per heavy atom. The monoisotopic (exact) mass is 469 g/mol. The van der Waals surface area contributed by atoms with E-state index in [1.807, 2.05) is 25.3 Å². The van der Waals surface area contributed by atoms with Crippen LogP contribution < -0.4 is 10.6 Å².